The molecule has 0 bridgehead atoms. The molecule has 0 aromatic heterocycles. The first-order valence-electron chi connectivity index (χ1n) is 4.43. The Bertz CT molecular complexity index is 314. The van der Waals surface area contributed by atoms with E-state index in [2.05, 4.69) is 34.1 Å². The third kappa shape index (κ3) is 1.92. The first-order chi connectivity index (χ1) is 6.31. The van der Waals surface area contributed by atoms with Crippen LogP contribution in [0.2, 0.25) is 0 Å². The molecule has 0 radical (unpaired) electrons. The molecule has 0 saturated heterocycles. The van der Waals surface area contributed by atoms with Gasteiger partial charge in [-0.3, -0.25) is 0 Å². The largest absolute Gasteiger partial charge is 0.330 e. The quantitative estimate of drug-likeness (QED) is 0.882. The van der Waals surface area contributed by atoms with Crippen LogP contribution >= 0.6 is 27.7 Å². The Kier molecular flexibility index (Phi) is 2.96. The first kappa shape index (κ1) is 9.56. The molecule has 0 amide bonds. The Balaban J connectivity index is 2.27. The van der Waals surface area contributed by atoms with Crippen molar-refractivity contribution in [3.05, 3.63) is 28.2 Å². The first-order valence-corrected chi connectivity index (χ1v) is 6.21. The van der Waals surface area contributed by atoms with Gasteiger partial charge in [-0.25, -0.2) is 0 Å². The average molecular weight is 258 g/mol. The standard InChI is InChI=1S/C10H12BrNS/c11-8-1-2-9-7(3-4-12)6-13-10(9)5-8/h1-2,5,7H,3-4,6,12H2. The summed E-state index contributed by atoms with van der Waals surface area (Å²) >= 11 is 5.43. The van der Waals surface area contributed by atoms with Crippen molar-refractivity contribution in [1.82, 2.24) is 0 Å². The van der Waals surface area contributed by atoms with Crippen molar-refractivity contribution >= 4 is 27.7 Å². The Morgan fingerprint density at radius 3 is 3.15 bits per heavy atom. The lowest BCUT2D eigenvalue weighted by Gasteiger charge is -2.08. The van der Waals surface area contributed by atoms with Crippen LogP contribution in [0.25, 0.3) is 0 Å². The fourth-order valence-corrected chi connectivity index (χ4v) is 3.54. The number of nitrogens with two attached hydrogens (primary N) is 1. The number of fused-ring (bicyclic) bond motifs is 1. The molecule has 0 aliphatic carbocycles. The molecule has 1 heterocycles. The van der Waals surface area contributed by atoms with E-state index in [1.54, 1.807) is 0 Å². The molecule has 1 unspecified atom stereocenters. The fourth-order valence-electron chi connectivity index (χ4n) is 1.69. The molecule has 0 spiro atoms. The maximum absolute atomic E-state index is 5.58. The number of rotatable bonds is 2. The van der Waals surface area contributed by atoms with Crippen LogP contribution in [-0.2, 0) is 0 Å². The summed E-state index contributed by atoms with van der Waals surface area (Å²) < 4.78 is 1.17. The van der Waals surface area contributed by atoms with Crippen LogP contribution < -0.4 is 5.73 Å². The molecule has 1 aliphatic heterocycles. The highest BCUT2D eigenvalue weighted by atomic mass is 79.9. The van der Waals surface area contributed by atoms with Gasteiger partial charge < -0.3 is 5.73 Å². The molecular weight excluding hydrogens is 246 g/mol. The minimum absolute atomic E-state index is 0.679. The normalized spacial score (nSPS) is 20.3. The maximum atomic E-state index is 5.58. The van der Waals surface area contributed by atoms with Gasteiger partial charge in [-0.2, -0.15) is 0 Å². The van der Waals surface area contributed by atoms with Gasteiger partial charge in [0.1, 0.15) is 0 Å². The summed E-state index contributed by atoms with van der Waals surface area (Å²) in [4.78, 5) is 1.42. The second-order valence-corrected chi connectivity index (χ2v) is 5.24. The van der Waals surface area contributed by atoms with Gasteiger partial charge in [0.25, 0.3) is 0 Å². The van der Waals surface area contributed by atoms with Gasteiger partial charge in [-0.05, 0) is 36.6 Å². The fraction of sp³-hybridized carbons (Fsp3) is 0.400. The molecule has 1 nitrogen and oxygen atoms in total. The molecular formula is C10H12BrNS. The zero-order chi connectivity index (χ0) is 9.26. The highest BCUT2D eigenvalue weighted by molar-refractivity contribution is 9.10. The van der Waals surface area contributed by atoms with Crippen molar-refractivity contribution in [3.8, 4) is 0 Å². The van der Waals surface area contributed by atoms with Crippen molar-refractivity contribution < 1.29 is 0 Å². The molecule has 2 rings (SSSR count). The number of hydrogen-bond donors (Lipinski definition) is 1. The lowest BCUT2D eigenvalue weighted by Crippen LogP contribution is -2.06. The van der Waals surface area contributed by atoms with E-state index in [4.69, 9.17) is 5.73 Å². The molecule has 3 heteroatoms. The molecule has 70 valence electrons. The van der Waals surface area contributed by atoms with Crippen molar-refractivity contribution in [2.24, 2.45) is 5.73 Å². The summed E-state index contributed by atoms with van der Waals surface area (Å²) in [5.74, 6) is 1.88. The summed E-state index contributed by atoms with van der Waals surface area (Å²) in [6.07, 6.45) is 1.11. The Morgan fingerprint density at radius 1 is 1.54 bits per heavy atom. The second-order valence-electron chi connectivity index (χ2n) is 3.27. The van der Waals surface area contributed by atoms with E-state index < -0.39 is 0 Å². The van der Waals surface area contributed by atoms with E-state index in [0.717, 1.165) is 13.0 Å². The van der Waals surface area contributed by atoms with E-state index in [1.807, 2.05) is 11.8 Å². The number of thioether (sulfide) groups is 1. The molecule has 1 aromatic rings. The van der Waals surface area contributed by atoms with Gasteiger partial charge in [0.15, 0.2) is 0 Å². The molecule has 1 atom stereocenters. The molecule has 0 fully saturated rings. The highest BCUT2D eigenvalue weighted by Gasteiger charge is 2.22. The van der Waals surface area contributed by atoms with E-state index >= 15 is 0 Å². The summed E-state index contributed by atoms with van der Waals surface area (Å²) in [5.41, 5.74) is 7.06. The monoisotopic (exact) mass is 257 g/mol. The van der Waals surface area contributed by atoms with Crippen molar-refractivity contribution in [2.45, 2.75) is 17.2 Å². The molecule has 13 heavy (non-hydrogen) atoms. The number of halogens is 1. The molecule has 2 N–H and O–H groups in total. The van der Waals surface area contributed by atoms with Crippen LogP contribution in [0.4, 0.5) is 0 Å². The number of benzene rings is 1. The Hall–Kier alpha value is 0.01000. The van der Waals surface area contributed by atoms with Gasteiger partial charge in [0.05, 0.1) is 0 Å². The third-order valence-electron chi connectivity index (χ3n) is 2.37. The zero-order valence-corrected chi connectivity index (χ0v) is 9.70. The van der Waals surface area contributed by atoms with Crippen molar-refractivity contribution in [2.75, 3.05) is 12.3 Å². The Labute approximate surface area is 91.2 Å². The van der Waals surface area contributed by atoms with Crippen LogP contribution in [-0.4, -0.2) is 12.3 Å². The van der Waals surface area contributed by atoms with Gasteiger partial charge in [0, 0.05) is 15.1 Å². The lowest BCUT2D eigenvalue weighted by molar-refractivity contribution is 0.701. The van der Waals surface area contributed by atoms with Crippen LogP contribution in [0.15, 0.2) is 27.6 Å². The summed E-state index contributed by atoms with van der Waals surface area (Å²) in [5, 5.41) is 0. The molecule has 0 saturated carbocycles. The van der Waals surface area contributed by atoms with E-state index in [-0.39, 0.29) is 0 Å². The second kappa shape index (κ2) is 4.03. The van der Waals surface area contributed by atoms with Gasteiger partial charge in [-0.15, -0.1) is 11.8 Å². The predicted molar refractivity (Wildman–Crippen MR) is 61.3 cm³/mol. The van der Waals surface area contributed by atoms with Crippen LogP contribution in [0.5, 0.6) is 0 Å². The molecule has 1 aromatic carbocycles. The van der Waals surface area contributed by atoms with Gasteiger partial charge in [-0.1, -0.05) is 22.0 Å². The summed E-state index contributed by atoms with van der Waals surface area (Å²) in [7, 11) is 0. The zero-order valence-electron chi connectivity index (χ0n) is 7.29. The SMILES string of the molecule is NCCC1CSc2cc(Br)ccc21. The lowest BCUT2D eigenvalue weighted by atomic mass is 9.98. The minimum atomic E-state index is 0.679. The van der Waals surface area contributed by atoms with Gasteiger partial charge >= 0.3 is 0 Å². The van der Waals surface area contributed by atoms with Crippen molar-refractivity contribution in [3.63, 3.8) is 0 Å². The van der Waals surface area contributed by atoms with E-state index in [1.165, 1.54) is 20.7 Å². The number of hydrogen-bond acceptors (Lipinski definition) is 2. The summed E-state index contributed by atoms with van der Waals surface area (Å²) in [6, 6.07) is 6.55. The molecule has 1 aliphatic rings. The van der Waals surface area contributed by atoms with E-state index in [0.29, 0.717) is 5.92 Å². The highest BCUT2D eigenvalue weighted by Crippen LogP contribution is 2.41. The van der Waals surface area contributed by atoms with E-state index in [9.17, 15) is 0 Å². The summed E-state index contributed by atoms with van der Waals surface area (Å²) in [6.45, 7) is 0.792. The Morgan fingerprint density at radius 2 is 2.38 bits per heavy atom. The third-order valence-corrected chi connectivity index (χ3v) is 4.10. The maximum Gasteiger partial charge on any atom is 0.0186 e. The minimum Gasteiger partial charge on any atom is -0.330 e. The predicted octanol–water partition coefficient (Wildman–Crippen LogP) is 2.99. The van der Waals surface area contributed by atoms with Crippen molar-refractivity contribution in [1.29, 1.82) is 0 Å². The van der Waals surface area contributed by atoms with Crippen LogP contribution in [0, 0.1) is 0 Å². The smallest absolute Gasteiger partial charge is 0.0186 e. The van der Waals surface area contributed by atoms with Crippen LogP contribution in [0.1, 0.15) is 17.9 Å². The van der Waals surface area contributed by atoms with Crippen LogP contribution in [0.3, 0.4) is 0 Å². The topological polar surface area (TPSA) is 26.0 Å². The average Bonchev–Trinajstić information content (AvgIpc) is 2.49. The van der Waals surface area contributed by atoms with Gasteiger partial charge in [0.2, 0.25) is 0 Å².